The van der Waals surface area contributed by atoms with Gasteiger partial charge in [-0.15, -0.1) is 0 Å². The number of hydrogen-bond acceptors (Lipinski definition) is 5. The van der Waals surface area contributed by atoms with Crippen molar-refractivity contribution in [3.8, 4) is 0 Å². The van der Waals surface area contributed by atoms with E-state index in [1.807, 2.05) is 13.8 Å². The number of rotatable bonds is 6. The number of amides is 1. The monoisotopic (exact) mass is 336 g/mol. The van der Waals surface area contributed by atoms with E-state index in [9.17, 15) is 14.4 Å². The second kappa shape index (κ2) is 7.28. The van der Waals surface area contributed by atoms with Crippen LogP contribution in [0, 0.1) is 0 Å². The van der Waals surface area contributed by atoms with Crippen LogP contribution in [0.1, 0.15) is 37.0 Å². The number of aromatic nitrogens is 2. The first-order valence-corrected chi connectivity index (χ1v) is 8.42. The van der Waals surface area contributed by atoms with Gasteiger partial charge in [0.25, 0.3) is 11.5 Å². The van der Waals surface area contributed by atoms with Gasteiger partial charge in [0.15, 0.2) is 0 Å². The zero-order valence-corrected chi connectivity index (χ0v) is 14.0. The van der Waals surface area contributed by atoms with Gasteiger partial charge in [-0.3, -0.25) is 18.7 Å². The summed E-state index contributed by atoms with van der Waals surface area (Å²) in [5.41, 5.74) is 5.38. The number of carbonyl (C=O) groups is 1. The molecule has 0 saturated carbocycles. The fourth-order valence-electron chi connectivity index (χ4n) is 2.27. The quantitative estimate of drug-likeness (QED) is 0.839. The minimum atomic E-state index is -0.565. The van der Waals surface area contributed by atoms with Crippen molar-refractivity contribution in [1.82, 2.24) is 9.13 Å². The predicted octanol–water partition coefficient (Wildman–Crippen LogP) is 1.73. The molecule has 7 nitrogen and oxygen atoms in total. The molecular weight excluding hydrogens is 316 g/mol. The van der Waals surface area contributed by atoms with E-state index >= 15 is 0 Å². The molecule has 8 heteroatoms. The van der Waals surface area contributed by atoms with E-state index in [4.69, 9.17) is 5.73 Å². The van der Waals surface area contributed by atoms with Gasteiger partial charge in [0.1, 0.15) is 11.5 Å². The highest BCUT2D eigenvalue weighted by atomic mass is 32.1. The first kappa shape index (κ1) is 17.0. The number of nitrogens with one attached hydrogen (secondary N) is 1. The van der Waals surface area contributed by atoms with Crippen molar-refractivity contribution in [2.24, 2.45) is 0 Å². The van der Waals surface area contributed by atoms with Crippen molar-refractivity contribution in [1.29, 1.82) is 0 Å². The van der Waals surface area contributed by atoms with Gasteiger partial charge in [0, 0.05) is 18.5 Å². The Labute approximate surface area is 137 Å². The molecule has 124 valence electrons. The molecule has 0 aromatic carbocycles. The van der Waals surface area contributed by atoms with E-state index in [0.717, 1.165) is 4.57 Å². The molecular formula is C15H20N4O3S. The van der Waals surface area contributed by atoms with Crippen LogP contribution in [0.15, 0.2) is 26.4 Å². The minimum Gasteiger partial charge on any atom is -0.383 e. The summed E-state index contributed by atoms with van der Waals surface area (Å²) in [6.07, 6.45) is 1.31. The molecule has 2 heterocycles. The Hall–Kier alpha value is -2.35. The largest absolute Gasteiger partial charge is 0.383 e. The van der Waals surface area contributed by atoms with Gasteiger partial charge in [-0.1, -0.05) is 13.8 Å². The number of anilines is 2. The summed E-state index contributed by atoms with van der Waals surface area (Å²) >= 11 is 1.38. The van der Waals surface area contributed by atoms with Crippen LogP contribution in [0.3, 0.4) is 0 Å². The molecule has 0 atom stereocenters. The number of carbonyl (C=O) groups excluding carboxylic acids is 1. The molecule has 0 spiro atoms. The van der Waals surface area contributed by atoms with Gasteiger partial charge in [0.05, 0.1) is 5.56 Å². The van der Waals surface area contributed by atoms with Crippen molar-refractivity contribution in [3.05, 3.63) is 43.2 Å². The fourth-order valence-corrected chi connectivity index (χ4v) is 2.91. The second-order valence-electron chi connectivity index (χ2n) is 5.12. The summed E-state index contributed by atoms with van der Waals surface area (Å²) in [5.74, 6) is -0.419. The van der Waals surface area contributed by atoms with Crippen LogP contribution in [0.4, 0.5) is 11.5 Å². The average Bonchev–Trinajstić information content (AvgIpc) is 3.06. The second-order valence-corrected chi connectivity index (χ2v) is 5.90. The lowest BCUT2D eigenvalue weighted by atomic mass is 10.3. The summed E-state index contributed by atoms with van der Waals surface area (Å²) in [6, 6.07) is 1.66. The summed E-state index contributed by atoms with van der Waals surface area (Å²) in [4.78, 5) is 37.1. The highest BCUT2D eigenvalue weighted by Crippen LogP contribution is 2.14. The van der Waals surface area contributed by atoms with Crippen LogP contribution in [0.5, 0.6) is 0 Å². The van der Waals surface area contributed by atoms with Gasteiger partial charge >= 0.3 is 5.69 Å². The Morgan fingerprint density at radius 3 is 2.43 bits per heavy atom. The number of nitrogens with zero attached hydrogens (tertiary/aromatic N) is 2. The van der Waals surface area contributed by atoms with E-state index < -0.39 is 17.2 Å². The first-order valence-electron chi connectivity index (χ1n) is 7.47. The van der Waals surface area contributed by atoms with Crippen LogP contribution in [0.2, 0.25) is 0 Å². The van der Waals surface area contributed by atoms with Gasteiger partial charge in [-0.25, -0.2) is 4.79 Å². The number of thiophene rings is 1. The third kappa shape index (κ3) is 3.37. The molecule has 1 amide bonds. The van der Waals surface area contributed by atoms with Crippen LogP contribution >= 0.6 is 11.3 Å². The predicted molar refractivity (Wildman–Crippen MR) is 92.2 cm³/mol. The van der Waals surface area contributed by atoms with E-state index in [0.29, 0.717) is 24.9 Å². The maximum atomic E-state index is 12.5. The Balaban J connectivity index is 2.55. The molecule has 0 saturated heterocycles. The van der Waals surface area contributed by atoms with Crippen LogP contribution < -0.4 is 22.3 Å². The van der Waals surface area contributed by atoms with Gasteiger partial charge in [-0.2, -0.15) is 11.3 Å². The maximum absolute atomic E-state index is 12.5. The third-order valence-electron chi connectivity index (χ3n) is 3.38. The van der Waals surface area contributed by atoms with Gasteiger partial charge < -0.3 is 11.1 Å². The molecule has 2 aromatic heterocycles. The molecule has 0 aliphatic rings. The third-order valence-corrected chi connectivity index (χ3v) is 4.07. The Morgan fingerprint density at radius 1 is 1.22 bits per heavy atom. The molecule has 3 N–H and O–H groups in total. The average molecular weight is 336 g/mol. The van der Waals surface area contributed by atoms with Crippen molar-refractivity contribution in [3.63, 3.8) is 0 Å². The Morgan fingerprint density at radius 2 is 1.87 bits per heavy atom. The Kier molecular flexibility index (Phi) is 5.38. The Bertz CT molecular complexity index is 805. The molecule has 0 aliphatic heterocycles. The lowest BCUT2D eigenvalue weighted by Gasteiger charge is -2.16. The molecule has 0 aliphatic carbocycles. The fraction of sp³-hybridized carbons (Fsp3) is 0.400. The SMILES string of the molecule is CCCn1c(N)c(NC(=O)c2ccsc2)c(=O)n(CCC)c1=O. The summed E-state index contributed by atoms with van der Waals surface area (Å²) in [7, 11) is 0. The molecule has 23 heavy (non-hydrogen) atoms. The lowest BCUT2D eigenvalue weighted by molar-refractivity contribution is 0.102. The normalized spacial score (nSPS) is 10.7. The number of nitrogen functional groups attached to an aromatic ring is 1. The molecule has 0 bridgehead atoms. The highest BCUT2D eigenvalue weighted by Gasteiger charge is 2.19. The van der Waals surface area contributed by atoms with E-state index in [1.54, 1.807) is 16.8 Å². The zero-order chi connectivity index (χ0) is 17.0. The van der Waals surface area contributed by atoms with E-state index in [1.165, 1.54) is 15.9 Å². The summed E-state index contributed by atoms with van der Waals surface area (Å²) in [6.45, 7) is 4.44. The molecule has 0 fully saturated rings. The zero-order valence-electron chi connectivity index (χ0n) is 13.2. The lowest BCUT2D eigenvalue weighted by Crippen LogP contribution is -2.42. The van der Waals surface area contributed by atoms with Crippen molar-refractivity contribution < 1.29 is 4.79 Å². The minimum absolute atomic E-state index is 0.00205. The maximum Gasteiger partial charge on any atom is 0.332 e. The molecule has 2 aromatic rings. The van der Waals surface area contributed by atoms with Gasteiger partial charge in [0.2, 0.25) is 0 Å². The van der Waals surface area contributed by atoms with E-state index in [-0.39, 0.29) is 18.1 Å². The molecule has 2 rings (SSSR count). The van der Waals surface area contributed by atoms with Crippen LogP contribution in [0.25, 0.3) is 0 Å². The summed E-state index contributed by atoms with van der Waals surface area (Å²) in [5, 5.41) is 6.00. The number of nitrogens with two attached hydrogens (primary N) is 1. The molecule has 0 unspecified atom stereocenters. The topological polar surface area (TPSA) is 99.1 Å². The highest BCUT2D eigenvalue weighted by molar-refractivity contribution is 7.08. The van der Waals surface area contributed by atoms with Crippen molar-refractivity contribution in [2.45, 2.75) is 39.8 Å². The van der Waals surface area contributed by atoms with Gasteiger partial charge in [-0.05, 0) is 24.3 Å². The molecule has 0 radical (unpaired) electrons. The first-order chi connectivity index (χ1) is 11.0. The standard InChI is InChI=1S/C15H20N4O3S/c1-3-6-18-12(16)11(14(21)19(7-4-2)15(18)22)17-13(20)10-5-8-23-9-10/h5,8-9H,3-4,6-7,16H2,1-2H3,(H,17,20). The van der Waals surface area contributed by atoms with E-state index in [2.05, 4.69) is 5.32 Å². The number of hydrogen-bond donors (Lipinski definition) is 2. The van der Waals surface area contributed by atoms with Crippen LogP contribution in [-0.2, 0) is 13.1 Å². The van der Waals surface area contributed by atoms with Crippen LogP contribution in [-0.4, -0.2) is 15.0 Å². The smallest absolute Gasteiger partial charge is 0.332 e. The van der Waals surface area contributed by atoms with Crippen molar-refractivity contribution >= 4 is 28.7 Å². The van der Waals surface area contributed by atoms with Crippen molar-refractivity contribution in [2.75, 3.05) is 11.1 Å². The summed E-state index contributed by atoms with van der Waals surface area (Å²) < 4.78 is 2.45.